The van der Waals surface area contributed by atoms with Crippen molar-refractivity contribution in [2.45, 2.75) is 18.9 Å². The largest absolute Gasteiger partial charge is 0.451 e. The van der Waals surface area contributed by atoms with Crippen molar-refractivity contribution in [1.82, 2.24) is 4.98 Å². The fourth-order valence-corrected chi connectivity index (χ4v) is 2.33. The van der Waals surface area contributed by atoms with E-state index in [4.69, 9.17) is 10.5 Å². The topological polar surface area (TPSA) is 80.5 Å². The molecule has 1 aliphatic rings. The molecule has 5 nitrogen and oxygen atoms in total. The lowest BCUT2D eigenvalue weighted by molar-refractivity contribution is -0.123. The Labute approximate surface area is 107 Å². The molecule has 3 N–H and O–H groups in total. The summed E-state index contributed by atoms with van der Waals surface area (Å²) in [5.74, 6) is -0.413. The molecule has 1 aromatic carbocycles. The number of aliphatic imine (C=N–C) groups is 1. The van der Waals surface area contributed by atoms with Gasteiger partial charge in [-0.3, -0.25) is 4.79 Å². The van der Waals surface area contributed by atoms with Gasteiger partial charge >= 0.3 is 0 Å². The van der Waals surface area contributed by atoms with Crippen LogP contribution >= 0.6 is 0 Å². The number of amides is 1. The van der Waals surface area contributed by atoms with Crippen LogP contribution in [0, 0.1) is 0 Å². The summed E-state index contributed by atoms with van der Waals surface area (Å²) < 4.78 is 5.27. The number of aromatic amines is 1. The molecule has 96 valence electrons. The summed E-state index contributed by atoms with van der Waals surface area (Å²) >= 11 is 0. The number of fused-ring (bicyclic) bond motifs is 1. The van der Waals surface area contributed by atoms with E-state index in [1.54, 1.807) is 0 Å². The van der Waals surface area contributed by atoms with E-state index >= 15 is 0 Å². The summed E-state index contributed by atoms with van der Waals surface area (Å²) in [6.45, 7) is 1.94. The molecule has 0 saturated carbocycles. The van der Waals surface area contributed by atoms with Crippen LogP contribution < -0.4 is 5.73 Å². The van der Waals surface area contributed by atoms with E-state index in [2.05, 4.69) is 9.98 Å². The predicted molar refractivity (Wildman–Crippen MR) is 72.4 cm³/mol. The number of ether oxygens (including phenoxy) is 1. The third-order valence-corrected chi connectivity index (χ3v) is 3.28. The molecule has 2 aromatic rings. The van der Waals surface area contributed by atoms with Crippen LogP contribution in [0.5, 0.6) is 0 Å². The van der Waals surface area contributed by atoms with Gasteiger partial charge < -0.3 is 15.5 Å². The maximum atomic E-state index is 11.7. The summed E-state index contributed by atoms with van der Waals surface area (Å²) in [5, 5.41) is 1.09. The van der Waals surface area contributed by atoms with Crippen LogP contribution in [0.25, 0.3) is 10.9 Å². The maximum Gasteiger partial charge on any atom is 0.291 e. The van der Waals surface area contributed by atoms with Gasteiger partial charge in [-0.15, -0.1) is 0 Å². The van der Waals surface area contributed by atoms with Crippen molar-refractivity contribution in [1.29, 1.82) is 0 Å². The second kappa shape index (κ2) is 3.87. The highest BCUT2D eigenvalue weighted by Crippen LogP contribution is 2.30. The molecule has 1 aromatic heterocycles. The quantitative estimate of drug-likeness (QED) is 0.851. The van der Waals surface area contributed by atoms with Crippen LogP contribution in [0.2, 0.25) is 0 Å². The van der Waals surface area contributed by atoms with Gasteiger partial charge in [-0.25, -0.2) is 0 Å². The molecule has 5 heteroatoms. The summed E-state index contributed by atoms with van der Waals surface area (Å²) in [6.07, 6.45) is 1.28. The second-order valence-electron chi connectivity index (χ2n) is 4.41. The number of H-pyrrole nitrogens is 1. The summed E-state index contributed by atoms with van der Waals surface area (Å²) in [7, 11) is 0. The molecule has 0 aliphatic carbocycles. The molecule has 0 unspecified atom stereocenters. The number of carbonyl (C=O) groups excluding carboxylic acids is 1. The number of rotatable bonds is 2. The van der Waals surface area contributed by atoms with Gasteiger partial charge in [0, 0.05) is 25.9 Å². The van der Waals surface area contributed by atoms with Crippen LogP contribution in [0.15, 0.2) is 35.5 Å². The van der Waals surface area contributed by atoms with E-state index in [1.807, 2.05) is 37.4 Å². The summed E-state index contributed by atoms with van der Waals surface area (Å²) in [4.78, 5) is 18.4. The standard InChI is InChI=1S/C13H13N3O2.2H2/c1-7(11-12(17)16-13(14)18-11)9-6-15-10-5-3-2-4-8(9)10;;/h2-7,11,15H,1H3,(H2,14,16,17);2*1H/t7-,11+;;/m1../s1. The van der Waals surface area contributed by atoms with Crippen LogP contribution in [-0.2, 0) is 9.53 Å². The van der Waals surface area contributed by atoms with E-state index in [1.165, 1.54) is 0 Å². The van der Waals surface area contributed by atoms with Gasteiger partial charge in [0.05, 0.1) is 0 Å². The molecule has 2 heterocycles. The average Bonchev–Trinajstić information content (AvgIpc) is 2.92. The average molecular weight is 247 g/mol. The number of nitrogens with two attached hydrogens (primary N) is 1. The van der Waals surface area contributed by atoms with Gasteiger partial charge in [-0.2, -0.15) is 4.99 Å². The number of carbonyl (C=O) groups is 1. The minimum absolute atomic E-state index is 0. The van der Waals surface area contributed by atoms with Gasteiger partial charge in [0.15, 0.2) is 6.10 Å². The van der Waals surface area contributed by atoms with Crippen molar-refractivity contribution in [3.63, 3.8) is 0 Å². The number of para-hydroxylation sites is 1. The molecule has 0 radical (unpaired) electrons. The number of hydrogen-bond acceptors (Lipinski definition) is 3. The third-order valence-electron chi connectivity index (χ3n) is 3.28. The first kappa shape index (κ1) is 10.8. The second-order valence-corrected chi connectivity index (χ2v) is 4.41. The van der Waals surface area contributed by atoms with Gasteiger partial charge in [0.1, 0.15) is 0 Å². The van der Waals surface area contributed by atoms with Crippen LogP contribution in [-0.4, -0.2) is 23.0 Å². The highest BCUT2D eigenvalue weighted by atomic mass is 16.5. The molecular formula is C13H17N3O2. The van der Waals surface area contributed by atoms with Gasteiger partial charge in [0.25, 0.3) is 11.9 Å². The van der Waals surface area contributed by atoms with Crippen molar-refractivity contribution in [3.8, 4) is 0 Å². The van der Waals surface area contributed by atoms with E-state index < -0.39 is 6.10 Å². The Hall–Kier alpha value is -2.30. The highest BCUT2D eigenvalue weighted by Gasteiger charge is 2.34. The van der Waals surface area contributed by atoms with Crippen LogP contribution in [0.1, 0.15) is 21.3 Å². The Balaban J connectivity index is 0.000001000. The molecular weight excluding hydrogens is 230 g/mol. The van der Waals surface area contributed by atoms with Gasteiger partial charge in [0.2, 0.25) is 0 Å². The number of nitrogens with zero attached hydrogens (tertiary/aromatic N) is 1. The van der Waals surface area contributed by atoms with E-state index in [0.717, 1.165) is 16.5 Å². The smallest absolute Gasteiger partial charge is 0.291 e. The lowest BCUT2D eigenvalue weighted by Gasteiger charge is -2.16. The molecule has 0 saturated heterocycles. The third kappa shape index (κ3) is 1.55. The molecule has 2 atom stereocenters. The molecule has 3 rings (SSSR count). The first-order valence-electron chi connectivity index (χ1n) is 5.77. The molecule has 0 fully saturated rings. The fraction of sp³-hybridized carbons (Fsp3) is 0.231. The van der Waals surface area contributed by atoms with Crippen LogP contribution in [0.4, 0.5) is 0 Å². The molecule has 0 bridgehead atoms. The lowest BCUT2D eigenvalue weighted by Crippen LogP contribution is -2.26. The van der Waals surface area contributed by atoms with Gasteiger partial charge in [-0.1, -0.05) is 25.1 Å². The Bertz CT molecular complexity index is 654. The maximum absolute atomic E-state index is 11.7. The molecule has 1 amide bonds. The Morgan fingerprint density at radius 2 is 2.28 bits per heavy atom. The number of aromatic nitrogens is 1. The van der Waals surface area contributed by atoms with E-state index in [0.29, 0.717) is 0 Å². The highest BCUT2D eigenvalue weighted by molar-refractivity contribution is 5.99. The first-order chi connectivity index (χ1) is 8.66. The van der Waals surface area contributed by atoms with Crippen molar-refractivity contribution in [3.05, 3.63) is 36.0 Å². The molecule has 18 heavy (non-hydrogen) atoms. The summed E-state index contributed by atoms with van der Waals surface area (Å²) in [5.41, 5.74) is 7.49. The number of benzene rings is 1. The van der Waals surface area contributed by atoms with E-state index in [9.17, 15) is 4.79 Å². The Kier molecular flexibility index (Phi) is 2.33. The number of nitrogens with one attached hydrogen (secondary N) is 1. The zero-order valence-corrected chi connectivity index (χ0v) is 9.88. The van der Waals surface area contributed by atoms with Crippen molar-refractivity contribution < 1.29 is 12.4 Å². The van der Waals surface area contributed by atoms with Crippen molar-refractivity contribution in [2.75, 3.05) is 0 Å². The SMILES string of the molecule is C[C@H](c1c[nH]c2ccccc12)[C@@H]1OC(N)=NC1=O.[HH].[HH]. The fourth-order valence-electron chi connectivity index (χ4n) is 2.33. The monoisotopic (exact) mass is 247 g/mol. The first-order valence-corrected chi connectivity index (χ1v) is 5.77. The Morgan fingerprint density at radius 1 is 1.50 bits per heavy atom. The molecule has 1 aliphatic heterocycles. The van der Waals surface area contributed by atoms with Gasteiger partial charge in [-0.05, 0) is 11.6 Å². The normalized spacial score (nSPS) is 20.8. The minimum atomic E-state index is -0.621. The zero-order valence-electron chi connectivity index (χ0n) is 9.88. The molecule has 0 spiro atoms. The zero-order chi connectivity index (χ0) is 12.7. The predicted octanol–water partition coefficient (Wildman–Crippen LogP) is 2.00. The van der Waals surface area contributed by atoms with Crippen molar-refractivity contribution >= 4 is 22.8 Å². The number of hydrogen-bond donors (Lipinski definition) is 2. The minimum Gasteiger partial charge on any atom is -0.451 e. The number of amidine groups is 1. The van der Waals surface area contributed by atoms with E-state index in [-0.39, 0.29) is 20.7 Å². The summed E-state index contributed by atoms with van der Waals surface area (Å²) in [6, 6.07) is 7.89. The van der Waals surface area contributed by atoms with Crippen molar-refractivity contribution in [2.24, 2.45) is 10.7 Å². The Morgan fingerprint density at radius 3 is 3.00 bits per heavy atom. The lowest BCUT2D eigenvalue weighted by atomic mass is 9.94. The van der Waals surface area contributed by atoms with Crippen LogP contribution in [0.3, 0.4) is 0 Å².